The van der Waals surface area contributed by atoms with Gasteiger partial charge in [0.05, 0.1) is 0 Å². The summed E-state index contributed by atoms with van der Waals surface area (Å²) >= 11 is 0. The third-order valence-corrected chi connectivity index (χ3v) is 1.85. The Bertz CT molecular complexity index is 339. The standard InChI is InChI=1S/C11H14N2O/c1-13(2)10-6-3-9(4-7-10)5-8-11(12)14/h3-8H,1-2H3,(H2,12,14). The lowest BCUT2D eigenvalue weighted by Crippen LogP contribution is -2.08. The summed E-state index contributed by atoms with van der Waals surface area (Å²) in [4.78, 5) is 12.5. The first-order chi connectivity index (χ1) is 6.59. The van der Waals surface area contributed by atoms with E-state index in [2.05, 4.69) is 0 Å². The van der Waals surface area contributed by atoms with E-state index in [1.807, 2.05) is 43.3 Å². The van der Waals surface area contributed by atoms with E-state index in [9.17, 15) is 4.79 Å². The Morgan fingerprint density at radius 3 is 2.29 bits per heavy atom. The molecular formula is C11H14N2O. The SMILES string of the molecule is CN(C)c1ccc(C=CC(N)=O)cc1. The van der Waals surface area contributed by atoms with Gasteiger partial charge in [0.15, 0.2) is 0 Å². The Morgan fingerprint density at radius 1 is 1.29 bits per heavy atom. The van der Waals surface area contributed by atoms with Crippen LogP contribution < -0.4 is 10.6 Å². The number of nitrogens with zero attached hydrogens (tertiary/aromatic N) is 1. The highest BCUT2D eigenvalue weighted by Gasteiger charge is 1.93. The lowest BCUT2D eigenvalue weighted by atomic mass is 10.2. The second-order valence-electron chi connectivity index (χ2n) is 3.22. The zero-order valence-corrected chi connectivity index (χ0v) is 8.40. The maximum Gasteiger partial charge on any atom is 0.241 e. The average Bonchev–Trinajstić information content (AvgIpc) is 2.15. The molecule has 14 heavy (non-hydrogen) atoms. The van der Waals surface area contributed by atoms with Crippen LogP contribution in [0, 0.1) is 0 Å². The van der Waals surface area contributed by atoms with Gasteiger partial charge in [0, 0.05) is 25.9 Å². The van der Waals surface area contributed by atoms with Crippen LogP contribution in [0.5, 0.6) is 0 Å². The van der Waals surface area contributed by atoms with E-state index < -0.39 is 5.91 Å². The molecule has 1 rings (SSSR count). The van der Waals surface area contributed by atoms with Crippen molar-refractivity contribution in [1.82, 2.24) is 0 Å². The molecule has 0 saturated heterocycles. The molecule has 3 heteroatoms. The summed E-state index contributed by atoms with van der Waals surface area (Å²) in [5, 5.41) is 0. The number of amides is 1. The summed E-state index contributed by atoms with van der Waals surface area (Å²) in [5.41, 5.74) is 7.08. The first-order valence-corrected chi connectivity index (χ1v) is 4.34. The van der Waals surface area contributed by atoms with Crippen LogP contribution >= 0.6 is 0 Å². The van der Waals surface area contributed by atoms with Crippen molar-refractivity contribution < 1.29 is 4.79 Å². The van der Waals surface area contributed by atoms with Gasteiger partial charge < -0.3 is 10.6 Å². The quantitative estimate of drug-likeness (QED) is 0.729. The minimum atomic E-state index is -0.429. The predicted octanol–water partition coefficient (Wildman–Crippen LogP) is 1.25. The summed E-state index contributed by atoms with van der Waals surface area (Å²) in [6.07, 6.45) is 3.05. The van der Waals surface area contributed by atoms with Crippen molar-refractivity contribution in [2.24, 2.45) is 5.73 Å². The third-order valence-electron chi connectivity index (χ3n) is 1.85. The van der Waals surface area contributed by atoms with Crippen LogP contribution in [-0.2, 0) is 4.79 Å². The lowest BCUT2D eigenvalue weighted by Gasteiger charge is -2.11. The van der Waals surface area contributed by atoms with Crippen LogP contribution in [0.15, 0.2) is 30.3 Å². The van der Waals surface area contributed by atoms with Crippen LogP contribution in [0.2, 0.25) is 0 Å². The molecule has 0 aromatic heterocycles. The smallest absolute Gasteiger partial charge is 0.241 e. The van der Waals surface area contributed by atoms with Crippen LogP contribution in [0.4, 0.5) is 5.69 Å². The first-order valence-electron chi connectivity index (χ1n) is 4.34. The second kappa shape index (κ2) is 4.46. The monoisotopic (exact) mass is 190 g/mol. The van der Waals surface area contributed by atoms with E-state index in [-0.39, 0.29) is 0 Å². The average molecular weight is 190 g/mol. The normalized spacial score (nSPS) is 10.4. The van der Waals surface area contributed by atoms with Crippen LogP contribution in [-0.4, -0.2) is 20.0 Å². The Labute approximate surface area is 83.8 Å². The molecule has 0 aliphatic heterocycles. The minimum absolute atomic E-state index is 0.429. The fourth-order valence-corrected chi connectivity index (χ4v) is 1.06. The van der Waals surface area contributed by atoms with Gasteiger partial charge in [0.1, 0.15) is 0 Å². The second-order valence-corrected chi connectivity index (χ2v) is 3.22. The van der Waals surface area contributed by atoms with E-state index in [0.717, 1.165) is 11.3 Å². The number of hydrogen-bond acceptors (Lipinski definition) is 2. The highest BCUT2D eigenvalue weighted by atomic mass is 16.1. The van der Waals surface area contributed by atoms with Crippen LogP contribution in [0.25, 0.3) is 6.08 Å². The first kappa shape index (κ1) is 10.3. The molecule has 2 N–H and O–H groups in total. The molecule has 0 aliphatic rings. The van der Waals surface area contributed by atoms with Crippen molar-refractivity contribution in [2.75, 3.05) is 19.0 Å². The zero-order valence-electron chi connectivity index (χ0n) is 8.40. The summed E-state index contributed by atoms with van der Waals surface area (Å²) in [5.74, 6) is -0.429. The highest BCUT2D eigenvalue weighted by molar-refractivity contribution is 5.90. The number of hydrogen-bond donors (Lipinski definition) is 1. The summed E-state index contributed by atoms with van der Waals surface area (Å²) < 4.78 is 0. The Morgan fingerprint density at radius 2 is 1.86 bits per heavy atom. The number of carbonyl (C=O) groups is 1. The third kappa shape index (κ3) is 2.94. The number of rotatable bonds is 3. The molecule has 0 bridgehead atoms. The molecule has 0 fully saturated rings. The van der Waals surface area contributed by atoms with Gasteiger partial charge in [-0.05, 0) is 23.8 Å². The predicted molar refractivity (Wildman–Crippen MR) is 59.0 cm³/mol. The maximum absolute atomic E-state index is 10.5. The topological polar surface area (TPSA) is 46.3 Å². The summed E-state index contributed by atoms with van der Waals surface area (Å²) in [7, 11) is 3.96. The lowest BCUT2D eigenvalue weighted by molar-refractivity contribution is -0.113. The number of anilines is 1. The molecule has 0 unspecified atom stereocenters. The van der Waals surface area contributed by atoms with Crippen molar-refractivity contribution in [3.05, 3.63) is 35.9 Å². The minimum Gasteiger partial charge on any atom is -0.378 e. The van der Waals surface area contributed by atoms with Crippen molar-refractivity contribution >= 4 is 17.7 Å². The van der Waals surface area contributed by atoms with E-state index >= 15 is 0 Å². The van der Waals surface area contributed by atoms with Gasteiger partial charge in [-0.15, -0.1) is 0 Å². The van der Waals surface area contributed by atoms with E-state index in [1.165, 1.54) is 6.08 Å². The molecule has 0 aliphatic carbocycles. The molecule has 3 nitrogen and oxygen atoms in total. The fourth-order valence-electron chi connectivity index (χ4n) is 1.06. The van der Waals surface area contributed by atoms with Gasteiger partial charge in [0.25, 0.3) is 0 Å². The van der Waals surface area contributed by atoms with Gasteiger partial charge in [0.2, 0.25) is 5.91 Å². The zero-order chi connectivity index (χ0) is 10.6. The van der Waals surface area contributed by atoms with Crippen molar-refractivity contribution in [1.29, 1.82) is 0 Å². The molecule has 0 atom stereocenters. The highest BCUT2D eigenvalue weighted by Crippen LogP contribution is 2.12. The molecular weight excluding hydrogens is 176 g/mol. The largest absolute Gasteiger partial charge is 0.378 e. The Hall–Kier alpha value is -1.77. The van der Waals surface area contributed by atoms with Crippen LogP contribution in [0.3, 0.4) is 0 Å². The molecule has 0 saturated carbocycles. The molecule has 1 amide bonds. The van der Waals surface area contributed by atoms with Gasteiger partial charge >= 0.3 is 0 Å². The number of nitrogens with two attached hydrogens (primary N) is 1. The van der Waals surface area contributed by atoms with Crippen LogP contribution in [0.1, 0.15) is 5.56 Å². The number of benzene rings is 1. The maximum atomic E-state index is 10.5. The number of carbonyl (C=O) groups excluding carboxylic acids is 1. The van der Waals surface area contributed by atoms with Gasteiger partial charge in [-0.1, -0.05) is 12.1 Å². The van der Waals surface area contributed by atoms with Gasteiger partial charge in [-0.2, -0.15) is 0 Å². The summed E-state index contributed by atoms with van der Waals surface area (Å²) in [6, 6.07) is 7.85. The van der Waals surface area contributed by atoms with Crippen molar-refractivity contribution in [2.45, 2.75) is 0 Å². The molecule has 0 heterocycles. The Balaban J connectivity index is 2.78. The van der Waals surface area contributed by atoms with Gasteiger partial charge in [-0.3, -0.25) is 4.79 Å². The molecule has 0 spiro atoms. The fraction of sp³-hybridized carbons (Fsp3) is 0.182. The van der Waals surface area contributed by atoms with Crippen molar-refractivity contribution in [3.8, 4) is 0 Å². The molecule has 1 aromatic carbocycles. The molecule has 74 valence electrons. The number of primary amides is 1. The van der Waals surface area contributed by atoms with E-state index in [0.29, 0.717) is 0 Å². The summed E-state index contributed by atoms with van der Waals surface area (Å²) in [6.45, 7) is 0. The van der Waals surface area contributed by atoms with Gasteiger partial charge in [-0.25, -0.2) is 0 Å². The Kier molecular flexibility index (Phi) is 3.29. The molecule has 1 aromatic rings. The van der Waals surface area contributed by atoms with E-state index in [1.54, 1.807) is 6.08 Å². The molecule has 0 radical (unpaired) electrons. The van der Waals surface area contributed by atoms with Crippen molar-refractivity contribution in [3.63, 3.8) is 0 Å². The van der Waals surface area contributed by atoms with E-state index in [4.69, 9.17) is 5.73 Å².